The summed E-state index contributed by atoms with van der Waals surface area (Å²) in [5.41, 5.74) is 3.35. The maximum absolute atomic E-state index is 5.35. The van der Waals surface area contributed by atoms with Crippen molar-refractivity contribution in [2.75, 3.05) is 51.8 Å². The number of anilines is 1. The van der Waals surface area contributed by atoms with Gasteiger partial charge in [0.15, 0.2) is 5.96 Å². The highest BCUT2D eigenvalue weighted by Crippen LogP contribution is 2.22. The number of hydrogen-bond acceptors (Lipinski definition) is 4. The Morgan fingerprint density at radius 2 is 1.97 bits per heavy atom. The second-order valence-electron chi connectivity index (χ2n) is 7.45. The zero-order valence-corrected chi connectivity index (χ0v) is 17.8. The van der Waals surface area contributed by atoms with Gasteiger partial charge in [0.2, 0.25) is 0 Å². The molecule has 0 saturated carbocycles. The SMILES string of the molecule is CN=C(NCCCc1nc2ccccc2[nH]1)N1CCN(c2cccc(OC)c2)CC1. The third-order valence-electron chi connectivity index (χ3n) is 5.52. The Hall–Kier alpha value is -3.22. The van der Waals surface area contributed by atoms with Crippen molar-refractivity contribution in [3.63, 3.8) is 0 Å². The van der Waals surface area contributed by atoms with E-state index in [2.05, 4.69) is 48.3 Å². The first-order chi connectivity index (χ1) is 14.8. The van der Waals surface area contributed by atoms with E-state index in [4.69, 9.17) is 4.74 Å². The molecule has 1 saturated heterocycles. The van der Waals surface area contributed by atoms with Gasteiger partial charge in [-0.25, -0.2) is 4.98 Å². The van der Waals surface area contributed by atoms with Gasteiger partial charge >= 0.3 is 0 Å². The molecular formula is C23H30N6O. The van der Waals surface area contributed by atoms with Gasteiger partial charge in [-0.05, 0) is 30.7 Å². The average molecular weight is 407 g/mol. The minimum absolute atomic E-state index is 0.875. The maximum atomic E-state index is 5.35. The molecule has 2 aromatic carbocycles. The molecular weight excluding hydrogens is 376 g/mol. The Morgan fingerprint density at radius 3 is 2.73 bits per heavy atom. The number of ether oxygens (including phenoxy) is 1. The third kappa shape index (κ3) is 4.67. The Kier molecular flexibility index (Phi) is 6.37. The summed E-state index contributed by atoms with van der Waals surface area (Å²) in [7, 11) is 3.57. The normalized spacial score (nSPS) is 14.9. The molecule has 4 rings (SSSR count). The summed E-state index contributed by atoms with van der Waals surface area (Å²) in [5, 5.41) is 3.51. The molecule has 0 amide bonds. The number of benzene rings is 2. The smallest absolute Gasteiger partial charge is 0.193 e. The summed E-state index contributed by atoms with van der Waals surface area (Å²) in [5.74, 6) is 2.92. The highest BCUT2D eigenvalue weighted by molar-refractivity contribution is 5.80. The molecule has 30 heavy (non-hydrogen) atoms. The molecule has 0 aliphatic carbocycles. The van der Waals surface area contributed by atoms with Crippen molar-refractivity contribution in [3.8, 4) is 5.75 Å². The number of nitrogens with one attached hydrogen (secondary N) is 2. The molecule has 2 heterocycles. The highest BCUT2D eigenvalue weighted by atomic mass is 16.5. The summed E-state index contributed by atoms with van der Waals surface area (Å²) in [6, 6.07) is 16.4. The van der Waals surface area contributed by atoms with Gasteiger partial charge in [0.25, 0.3) is 0 Å². The number of guanidine groups is 1. The first kappa shape index (κ1) is 20.1. The van der Waals surface area contributed by atoms with E-state index >= 15 is 0 Å². The summed E-state index contributed by atoms with van der Waals surface area (Å²) in [6.45, 7) is 4.69. The Balaban J connectivity index is 1.23. The summed E-state index contributed by atoms with van der Waals surface area (Å²) in [6.07, 6.45) is 1.92. The van der Waals surface area contributed by atoms with E-state index in [0.717, 1.165) is 74.1 Å². The minimum Gasteiger partial charge on any atom is -0.497 e. The summed E-state index contributed by atoms with van der Waals surface area (Å²) < 4.78 is 5.35. The number of aromatic nitrogens is 2. The van der Waals surface area contributed by atoms with E-state index in [0.29, 0.717) is 0 Å². The van der Waals surface area contributed by atoms with Crippen molar-refractivity contribution >= 4 is 22.7 Å². The zero-order valence-electron chi connectivity index (χ0n) is 17.8. The van der Waals surface area contributed by atoms with E-state index in [9.17, 15) is 0 Å². The van der Waals surface area contributed by atoms with Crippen molar-refractivity contribution in [1.29, 1.82) is 0 Å². The van der Waals surface area contributed by atoms with Crippen molar-refractivity contribution in [1.82, 2.24) is 20.2 Å². The molecule has 0 spiro atoms. The second-order valence-corrected chi connectivity index (χ2v) is 7.45. The number of H-pyrrole nitrogens is 1. The van der Waals surface area contributed by atoms with Gasteiger partial charge in [-0.15, -0.1) is 0 Å². The van der Waals surface area contributed by atoms with E-state index in [1.54, 1.807) is 7.11 Å². The quantitative estimate of drug-likeness (QED) is 0.374. The van der Waals surface area contributed by atoms with Crippen LogP contribution in [-0.4, -0.2) is 67.7 Å². The minimum atomic E-state index is 0.875. The number of aliphatic imine (C=N–C) groups is 1. The Morgan fingerprint density at radius 1 is 1.13 bits per heavy atom. The van der Waals surface area contributed by atoms with Gasteiger partial charge in [0.1, 0.15) is 11.6 Å². The van der Waals surface area contributed by atoms with E-state index in [1.165, 1.54) is 5.69 Å². The van der Waals surface area contributed by atoms with Crippen LogP contribution < -0.4 is 15.0 Å². The predicted octanol–water partition coefficient (Wildman–Crippen LogP) is 2.90. The van der Waals surface area contributed by atoms with Crippen LogP contribution in [0.25, 0.3) is 11.0 Å². The lowest BCUT2D eigenvalue weighted by atomic mass is 10.2. The van der Waals surface area contributed by atoms with Crippen LogP contribution in [0.3, 0.4) is 0 Å². The number of imidazole rings is 1. The predicted molar refractivity (Wildman–Crippen MR) is 123 cm³/mol. The number of methoxy groups -OCH3 is 1. The molecule has 2 N–H and O–H groups in total. The molecule has 1 aliphatic heterocycles. The fourth-order valence-electron chi connectivity index (χ4n) is 3.90. The van der Waals surface area contributed by atoms with E-state index in [-0.39, 0.29) is 0 Å². The molecule has 0 unspecified atom stereocenters. The van der Waals surface area contributed by atoms with E-state index < -0.39 is 0 Å². The number of hydrogen-bond donors (Lipinski definition) is 2. The number of fused-ring (bicyclic) bond motifs is 1. The van der Waals surface area contributed by atoms with Gasteiger partial charge in [-0.1, -0.05) is 18.2 Å². The molecule has 1 aromatic heterocycles. The third-order valence-corrected chi connectivity index (χ3v) is 5.52. The fourth-order valence-corrected chi connectivity index (χ4v) is 3.90. The molecule has 0 bridgehead atoms. The van der Waals surface area contributed by atoms with Gasteiger partial charge < -0.3 is 24.8 Å². The summed E-state index contributed by atoms with van der Waals surface area (Å²) in [4.78, 5) is 17.3. The number of aromatic amines is 1. The molecule has 1 aliphatic rings. The van der Waals surface area contributed by atoms with Gasteiger partial charge in [0.05, 0.1) is 18.1 Å². The van der Waals surface area contributed by atoms with Gasteiger partial charge in [-0.2, -0.15) is 0 Å². The molecule has 7 heteroatoms. The van der Waals surface area contributed by atoms with Crippen molar-refractivity contribution < 1.29 is 4.74 Å². The topological polar surface area (TPSA) is 68.8 Å². The molecule has 3 aromatic rings. The van der Waals surface area contributed by atoms with Crippen LogP contribution in [-0.2, 0) is 6.42 Å². The highest BCUT2D eigenvalue weighted by Gasteiger charge is 2.20. The van der Waals surface area contributed by atoms with Crippen LogP contribution in [0.1, 0.15) is 12.2 Å². The van der Waals surface area contributed by atoms with Crippen molar-refractivity contribution in [3.05, 3.63) is 54.4 Å². The standard InChI is InChI=1S/C23H30N6O/c1-24-23(25-12-6-11-22-26-20-9-3-4-10-21(20)27-22)29-15-13-28(14-16-29)18-7-5-8-19(17-18)30-2/h3-5,7-10,17H,6,11-16H2,1-2H3,(H,24,25)(H,26,27). The molecule has 158 valence electrons. The molecule has 0 atom stereocenters. The molecule has 1 fully saturated rings. The first-order valence-corrected chi connectivity index (χ1v) is 10.5. The monoisotopic (exact) mass is 406 g/mol. The summed E-state index contributed by atoms with van der Waals surface area (Å²) >= 11 is 0. The number of piperazine rings is 1. The lowest BCUT2D eigenvalue weighted by Gasteiger charge is -2.37. The van der Waals surface area contributed by atoms with Crippen LogP contribution in [0.2, 0.25) is 0 Å². The maximum Gasteiger partial charge on any atom is 0.193 e. The van der Waals surface area contributed by atoms with Crippen molar-refractivity contribution in [2.45, 2.75) is 12.8 Å². The first-order valence-electron chi connectivity index (χ1n) is 10.5. The van der Waals surface area contributed by atoms with Crippen LogP contribution in [0.5, 0.6) is 5.75 Å². The lowest BCUT2D eigenvalue weighted by Crippen LogP contribution is -2.52. The van der Waals surface area contributed by atoms with Crippen LogP contribution in [0, 0.1) is 0 Å². The largest absolute Gasteiger partial charge is 0.497 e. The Labute approximate surface area is 177 Å². The fraction of sp³-hybridized carbons (Fsp3) is 0.391. The van der Waals surface area contributed by atoms with Crippen molar-refractivity contribution in [2.24, 2.45) is 4.99 Å². The Bertz CT molecular complexity index is 957. The lowest BCUT2D eigenvalue weighted by molar-refractivity contribution is 0.372. The number of rotatable bonds is 6. The molecule has 0 radical (unpaired) electrons. The van der Waals surface area contributed by atoms with Crippen LogP contribution in [0.15, 0.2) is 53.5 Å². The van der Waals surface area contributed by atoms with Gasteiger partial charge in [0, 0.05) is 57.9 Å². The van der Waals surface area contributed by atoms with E-state index in [1.807, 2.05) is 37.4 Å². The average Bonchev–Trinajstić information content (AvgIpc) is 3.22. The number of para-hydroxylation sites is 2. The van der Waals surface area contributed by atoms with Crippen LogP contribution in [0.4, 0.5) is 5.69 Å². The molecule has 7 nitrogen and oxygen atoms in total. The van der Waals surface area contributed by atoms with Gasteiger partial charge in [-0.3, -0.25) is 4.99 Å². The number of nitrogens with zero attached hydrogens (tertiary/aromatic N) is 4. The zero-order chi connectivity index (χ0) is 20.8. The van der Waals surface area contributed by atoms with Crippen LogP contribution >= 0.6 is 0 Å². The number of aryl methyl sites for hydroxylation is 1. The second kappa shape index (κ2) is 9.52.